The molecule has 0 spiro atoms. The molecule has 0 aromatic heterocycles. The summed E-state index contributed by atoms with van der Waals surface area (Å²) in [6.45, 7) is 2.50. The van der Waals surface area contributed by atoms with E-state index >= 15 is 0 Å². The third-order valence-electron chi connectivity index (χ3n) is 4.78. The Morgan fingerprint density at radius 1 is 1.00 bits per heavy atom. The second-order valence-electron chi connectivity index (χ2n) is 6.91. The summed E-state index contributed by atoms with van der Waals surface area (Å²) in [7, 11) is 0. The van der Waals surface area contributed by atoms with Crippen LogP contribution in [0.4, 0.5) is 10.1 Å². The third kappa shape index (κ3) is 6.11. The van der Waals surface area contributed by atoms with Crippen molar-refractivity contribution in [2.45, 2.75) is 0 Å². The van der Waals surface area contributed by atoms with Gasteiger partial charge in [0.25, 0.3) is 11.8 Å². The van der Waals surface area contributed by atoms with Crippen LogP contribution in [0.25, 0.3) is 0 Å². The maximum atomic E-state index is 13.2. The number of quaternary nitrogens is 1. The van der Waals surface area contributed by atoms with Crippen LogP contribution >= 0.6 is 0 Å². The van der Waals surface area contributed by atoms with E-state index in [0.29, 0.717) is 37.4 Å². The molecular formula is C21H24FN4O3+. The molecule has 152 valence electrons. The van der Waals surface area contributed by atoms with Crippen molar-refractivity contribution < 1.29 is 23.7 Å². The number of nitrogens with one attached hydrogen (secondary N) is 3. The maximum absolute atomic E-state index is 13.2. The van der Waals surface area contributed by atoms with Crippen molar-refractivity contribution in [3.05, 3.63) is 66.0 Å². The van der Waals surface area contributed by atoms with E-state index in [1.807, 2.05) is 6.07 Å². The first-order valence-electron chi connectivity index (χ1n) is 9.51. The number of piperazine rings is 1. The van der Waals surface area contributed by atoms with Crippen molar-refractivity contribution in [3.8, 4) is 0 Å². The Labute approximate surface area is 168 Å². The second kappa shape index (κ2) is 9.79. The quantitative estimate of drug-likeness (QED) is 0.636. The highest BCUT2D eigenvalue weighted by molar-refractivity contribution is 5.96. The van der Waals surface area contributed by atoms with Crippen LogP contribution in [0.5, 0.6) is 0 Å². The monoisotopic (exact) mass is 399 g/mol. The van der Waals surface area contributed by atoms with E-state index in [-0.39, 0.29) is 30.8 Å². The zero-order chi connectivity index (χ0) is 20.6. The number of hydrogen-bond donors (Lipinski definition) is 3. The highest BCUT2D eigenvalue weighted by atomic mass is 19.1. The van der Waals surface area contributed by atoms with Gasteiger partial charge in [-0.25, -0.2) is 4.39 Å². The van der Waals surface area contributed by atoms with Crippen molar-refractivity contribution in [2.75, 3.05) is 44.6 Å². The lowest BCUT2D eigenvalue weighted by Crippen LogP contribution is -3.15. The largest absolute Gasteiger partial charge is 0.343 e. The average molecular weight is 399 g/mol. The minimum absolute atomic E-state index is 0.0525. The first-order valence-corrected chi connectivity index (χ1v) is 9.51. The fourth-order valence-electron chi connectivity index (χ4n) is 3.21. The Bertz CT molecular complexity index is 867. The van der Waals surface area contributed by atoms with Gasteiger partial charge < -0.3 is 20.4 Å². The minimum Gasteiger partial charge on any atom is -0.343 e. The molecule has 2 aromatic carbocycles. The summed E-state index contributed by atoms with van der Waals surface area (Å²) in [6, 6.07) is 14.5. The lowest BCUT2D eigenvalue weighted by atomic mass is 10.2. The number of hydrogen-bond acceptors (Lipinski definition) is 3. The molecule has 0 saturated carbocycles. The van der Waals surface area contributed by atoms with E-state index in [0.717, 1.165) is 4.90 Å². The smallest absolute Gasteiger partial charge is 0.279 e. The molecule has 0 atom stereocenters. The first kappa shape index (κ1) is 20.5. The summed E-state index contributed by atoms with van der Waals surface area (Å²) < 4.78 is 13.2. The van der Waals surface area contributed by atoms with Gasteiger partial charge in [0.1, 0.15) is 5.82 Å². The van der Waals surface area contributed by atoms with Crippen LogP contribution in [0.3, 0.4) is 0 Å². The molecule has 29 heavy (non-hydrogen) atoms. The van der Waals surface area contributed by atoms with Gasteiger partial charge in [-0.1, -0.05) is 24.3 Å². The van der Waals surface area contributed by atoms with Crippen LogP contribution < -0.4 is 15.5 Å². The fraction of sp³-hybridized carbons (Fsp3) is 0.286. The molecule has 7 nitrogen and oxygen atoms in total. The first-order chi connectivity index (χ1) is 14.0. The van der Waals surface area contributed by atoms with Gasteiger partial charge in [-0.3, -0.25) is 14.4 Å². The van der Waals surface area contributed by atoms with Gasteiger partial charge in [-0.05, 0) is 30.3 Å². The van der Waals surface area contributed by atoms with Crippen molar-refractivity contribution in [1.29, 1.82) is 0 Å². The van der Waals surface area contributed by atoms with E-state index in [1.54, 1.807) is 41.3 Å². The molecule has 0 unspecified atom stereocenters. The van der Waals surface area contributed by atoms with Gasteiger partial charge in [0.2, 0.25) is 5.91 Å². The number of rotatable bonds is 6. The topological polar surface area (TPSA) is 83.0 Å². The number of carbonyl (C=O) groups is 3. The second-order valence-corrected chi connectivity index (χ2v) is 6.91. The molecule has 0 aliphatic carbocycles. The number of benzene rings is 2. The molecule has 1 fully saturated rings. The van der Waals surface area contributed by atoms with Gasteiger partial charge >= 0.3 is 0 Å². The molecule has 3 amide bonds. The average Bonchev–Trinajstić information content (AvgIpc) is 2.73. The minimum atomic E-state index is -0.401. The normalized spacial score (nSPS) is 14.3. The number of carbonyl (C=O) groups excluding carboxylic acids is 3. The summed E-state index contributed by atoms with van der Waals surface area (Å²) in [4.78, 5) is 39.2. The standard InChI is InChI=1S/C21H23FN4O3/c22-17-7-4-8-18(13-17)24-19(27)15-25-9-11-26(12-10-25)20(28)14-23-21(29)16-5-2-1-3-6-16/h1-8,13H,9-12,14-15H2,(H,23,29)(H,24,27)/p+1. The fourth-order valence-corrected chi connectivity index (χ4v) is 3.21. The predicted octanol–water partition coefficient (Wildman–Crippen LogP) is -0.0787. The van der Waals surface area contributed by atoms with E-state index in [9.17, 15) is 18.8 Å². The predicted molar refractivity (Wildman–Crippen MR) is 106 cm³/mol. The van der Waals surface area contributed by atoms with E-state index < -0.39 is 5.82 Å². The molecule has 1 heterocycles. The molecule has 2 aromatic rings. The van der Waals surface area contributed by atoms with Crippen LogP contribution in [0.15, 0.2) is 54.6 Å². The molecule has 1 aliphatic heterocycles. The number of halogens is 1. The molecule has 3 rings (SSSR count). The van der Waals surface area contributed by atoms with Crippen LogP contribution in [0.2, 0.25) is 0 Å². The summed E-state index contributed by atoms with van der Waals surface area (Å²) in [5.74, 6) is -1.02. The highest BCUT2D eigenvalue weighted by Gasteiger charge is 2.25. The highest BCUT2D eigenvalue weighted by Crippen LogP contribution is 2.08. The Hall–Kier alpha value is -3.26. The van der Waals surface area contributed by atoms with Crippen LogP contribution in [0.1, 0.15) is 10.4 Å². The van der Waals surface area contributed by atoms with Crippen LogP contribution in [0, 0.1) is 5.82 Å². The van der Waals surface area contributed by atoms with Crippen molar-refractivity contribution in [2.24, 2.45) is 0 Å². The molecular weight excluding hydrogens is 375 g/mol. The van der Waals surface area contributed by atoms with Gasteiger partial charge in [-0.2, -0.15) is 0 Å². The van der Waals surface area contributed by atoms with E-state index in [1.165, 1.54) is 12.1 Å². The lowest BCUT2D eigenvalue weighted by Gasteiger charge is -2.32. The SMILES string of the molecule is O=C(C[NH+]1CCN(C(=O)CNC(=O)c2ccccc2)CC1)Nc1cccc(F)c1. The van der Waals surface area contributed by atoms with E-state index in [2.05, 4.69) is 10.6 Å². The third-order valence-corrected chi connectivity index (χ3v) is 4.78. The Morgan fingerprint density at radius 3 is 2.41 bits per heavy atom. The molecule has 0 radical (unpaired) electrons. The van der Waals surface area contributed by atoms with Gasteiger partial charge in [-0.15, -0.1) is 0 Å². The van der Waals surface area contributed by atoms with Gasteiger partial charge in [0, 0.05) is 11.3 Å². The summed E-state index contributed by atoms with van der Waals surface area (Å²) in [5, 5.41) is 5.32. The van der Waals surface area contributed by atoms with Gasteiger partial charge in [0.15, 0.2) is 6.54 Å². The Kier molecular flexibility index (Phi) is 6.91. The van der Waals surface area contributed by atoms with Crippen LogP contribution in [-0.2, 0) is 9.59 Å². The molecule has 8 heteroatoms. The number of anilines is 1. The van der Waals surface area contributed by atoms with Gasteiger partial charge in [0.05, 0.1) is 32.7 Å². The maximum Gasteiger partial charge on any atom is 0.279 e. The van der Waals surface area contributed by atoms with Crippen LogP contribution in [-0.4, -0.2) is 61.9 Å². The van der Waals surface area contributed by atoms with Crippen molar-refractivity contribution in [1.82, 2.24) is 10.2 Å². The Morgan fingerprint density at radius 2 is 1.72 bits per heavy atom. The zero-order valence-corrected chi connectivity index (χ0v) is 16.0. The van der Waals surface area contributed by atoms with E-state index in [4.69, 9.17) is 0 Å². The Balaban J connectivity index is 1.38. The number of nitrogens with zero attached hydrogens (tertiary/aromatic N) is 1. The van der Waals surface area contributed by atoms with Crippen molar-refractivity contribution in [3.63, 3.8) is 0 Å². The number of amides is 3. The lowest BCUT2D eigenvalue weighted by molar-refractivity contribution is -0.895. The molecule has 1 aliphatic rings. The summed E-state index contributed by atoms with van der Waals surface area (Å²) in [5.41, 5.74) is 0.941. The zero-order valence-electron chi connectivity index (χ0n) is 16.0. The summed E-state index contributed by atoms with van der Waals surface area (Å²) >= 11 is 0. The molecule has 3 N–H and O–H groups in total. The molecule has 0 bridgehead atoms. The summed E-state index contributed by atoms with van der Waals surface area (Å²) in [6.07, 6.45) is 0. The van der Waals surface area contributed by atoms with Crippen molar-refractivity contribution >= 4 is 23.4 Å². The molecule has 1 saturated heterocycles.